The Morgan fingerprint density at radius 3 is 2.34 bits per heavy atom. The summed E-state index contributed by atoms with van der Waals surface area (Å²) >= 11 is 0. The first-order chi connectivity index (χ1) is 13.6. The Morgan fingerprint density at radius 1 is 1.14 bits per heavy atom. The number of anilines is 1. The zero-order valence-electron chi connectivity index (χ0n) is 15.0. The molecule has 29 heavy (non-hydrogen) atoms. The first kappa shape index (κ1) is 21.7. The quantitative estimate of drug-likeness (QED) is 0.306. The van der Waals surface area contributed by atoms with Gasteiger partial charge in [-0.2, -0.15) is 13.2 Å². The molecule has 1 N–H and O–H groups in total. The van der Waals surface area contributed by atoms with Crippen molar-refractivity contribution in [1.82, 2.24) is 0 Å². The molecule has 2 aromatic rings. The molecule has 0 aliphatic rings. The Labute approximate surface area is 162 Å². The SMILES string of the molecule is COc1ccc(C(=O)COC(=O)CNc2ccc(C(F)(F)F)cc2[N+](=O)[O-])cc1. The van der Waals surface area contributed by atoms with E-state index in [4.69, 9.17) is 9.47 Å². The number of nitro benzene ring substituents is 1. The number of ether oxygens (including phenoxy) is 2. The van der Waals surface area contributed by atoms with Gasteiger partial charge in [0, 0.05) is 11.6 Å². The average molecular weight is 412 g/mol. The molecule has 0 radical (unpaired) electrons. The van der Waals surface area contributed by atoms with Crippen LogP contribution >= 0.6 is 0 Å². The second-order valence-corrected chi connectivity index (χ2v) is 5.65. The van der Waals surface area contributed by atoms with E-state index in [0.29, 0.717) is 17.9 Å². The van der Waals surface area contributed by atoms with Gasteiger partial charge < -0.3 is 14.8 Å². The molecule has 0 unspecified atom stereocenters. The number of nitro groups is 1. The largest absolute Gasteiger partial charge is 0.497 e. The van der Waals surface area contributed by atoms with E-state index in [-0.39, 0.29) is 11.3 Å². The number of nitrogens with zero attached hydrogens (tertiary/aromatic N) is 1. The van der Waals surface area contributed by atoms with E-state index in [2.05, 4.69) is 5.32 Å². The number of ketones is 1. The Morgan fingerprint density at radius 2 is 1.79 bits per heavy atom. The molecule has 0 aliphatic carbocycles. The molecule has 0 fully saturated rings. The van der Waals surface area contributed by atoms with Gasteiger partial charge in [0.1, 0.15) is 18.0 Å². The predicted molar refractivity (Wildman–Crippen MR) is 94.9 cm³/mol. The van der Waals surface area contributed by atoms with Gasteiger partial charge in [0.15, 0.2) is 12.4 Å². The molecule has 11 heteroatoms. The summed E-state index contributed by atoms with van der Waals surface area (Å²) < 4.78 is 47.8. The molecule has 0 bridgehead atoms. The maximum absolute atomic E-state index is 12.7. The fourth-order valence-electron chi connectivity index (χ4n) is 2.23. The first-order valence-electron chi connectivity index (χ1n) is 8.04. The molecule has 0 amide bonds. The van der Waals surface area contributed by atoms with Gasteiger partial charge in [0.25, 0.3) is 5.69 Å². The highest BCUT2D eigenvalue weighted by Crippen LogP contribution is 2.34. The van der Waals surface area contributed by atoms with Crippen LogP contribution in [-0.2, 0) is 15.7 Å². The van der Waals surface area contributed by atoms with E-state index >= 15 is 0 Å². The fraction of sp³-hybridized carbons (Fsp3) is 0.222. The smallest absolute Gasteiger partial charge is 0.416 e. The van der Waals surface area contributed by atoms with Crippen molar-refractivity contribution in [2.45, 2.75) is 6.18 Å². The van der Waals surface area contributed by atoms with Crippen molar-refractivity contribution in [3.63, 3.8) is 0 Å². The van der Waals surface area contributed by atoms with Crippen molar-refractivity contribution in [2.24, 2.45) is 0 Å². The molecule has 0 aromatic heterocycles. The second kappa shape index (κ2) is 9.04. The lowest BCUT2D eigenvalue weighted by Gasteiger charge is -2.10. The highest BCUT2D eigenvalue weighted by Gasteiger charge is 2.33. The highest BCUT2D eigenvalue weighted by atomic mass is 19.4. The number of benzene rings is 2. The van der Waals surface area contributed by atoms with Crippen molar-refractivity contribution in [2.75, 3.05) is 25.6 Å². The monoisotopic (exact) mass is 412 g/mol. The molecule has 0 atom stereocenters. The normalized spacial score (nSPS) is 10.9. The van der Waals surface area contributed by atoms with Gasteiger partial charge in [-0.1, -0.05) is 0 Å². The summed E-state index contributed by atoms with van der Waals surface area (Å²) in [5, 5.41) is 13.3. The minimum Gasteiger partial charge on any atom is -0.497 e. The number of Topliss-reactive ketones (excluding diaryl/α,β-unsaturated/α-hetero) is 1. The number of hydrogen-bond donors (Lipinski definition) is 1. The van der Waals surface area contributed by atoms with Crippen LogP contribution in [0.3, 0.4) is 0 Å². The predicted octanol–water partition coefficient (Wildman–Crippen LogP) is 3.46. The van der Waals surface area contributed by atoms with E-state index in [9.17, 15) is 32.9 Å². The van der Waals surface area contributed by atoms with Gasteiger partial charge in [0.05, 0.1) is 17.6 Å². The van der Waals surface area contributed by atoms with E-state index in [1.807, 2.05) is 0 Å². The molecule has 0 saturated heterocycles. The van der Waals surface area contributed by atoms with Crippen LogP contribution < -0.4 is 10.1 Å². The van der Waals surface area contributed by atoms with Crippen molar-refractivity contribution in [3.05, 3.63) is 63.7 Å². The number of carbonyl (C=O) groups is 2. The number of methoxy groups -OCH3 is 1. The third-order valence-corrected chi connectivity index (χ3v) is 3.72. The second-order valence-electron chi connectivity index (χ2n) is 5.65. The molecule has 0 saturated carbocycles. The van der Waals surface area contributed by atoms with E-state index in [1.54, 1.807) is 12.1 Å². The van der Waals surface area contributed by atoms with Crippen LogP contribution in [0.15, 0.2) is 42.5 Å². The van der Waals surface area contributed by atoms with Gasteiger partial charge in [-0.15, -0.1) is 0 Å². The summed E-state index contributed by atoms with van der Waals surface area (Å²) in [7, 11) is 1.46. The van der Waals surface area contributed by atoms with E-state index in [1.165, 1.54) is 19.2 Å². The van der Waals surface area contributed by atoms with Crippen molar-refractivity contribution in [3.8, 4) is 5.75 Å². The standard InChI is InChI=1S/C18H15F3N2O6/c1-28-13-5-2-11(3-6-13)16(24)10-29-17(25)9-22-14-7-4-12(18(19,20)21)8-15(14)23(26)27/h2-8,22H,9-10H2,1H3. The zero-order valence-corrected chi connectivity index (χ0v) is 15.0. The molecule has 8 nitrogen and oxygen atoms in total. The number of rotatable bonds is 8. The van der Waals surface area contributed by atoms with Crippen LogP contribution in [0.1, 0.15) is 15.9 Å². The molecule has 0 spiro atoms. The minimum absolute atomic E-state index is 0.282. The van der Waals surface area contributed by atoms with Crippen LogP contribution in [0.5, 0.6) is 5.75 Å². The van der Waals surface area contributed by atoms with Crippen LogP contribution in [-0.4, -0.2) is 36.9 Å². The zero-order chi connectivity index (χ0) is 21.6. The summed E-state index contributed by atoms with van der Waals surface area (Å²) in [5.41, 5.74) is -2.05. The first-order valence-corrected chi connectivity index (χ1v) is 8.04. The van der Waals surface area contributed by atoms with Crippen molar-refractivity contribution in [1.29, 1.82) is 0 Å². The number of alkyl halides is 3. The minimum atomic E-state index is -4.75. The Kier molecular flexibility index (Phi) is 6.75. The summed E-state index contributed by atoms with van der Waals surface area (Å²) in [6.07, 6.45) is -4.75. The Bertz CT molecular complexity index is 913. The lowest BCUT2D eigenvalue weighted by Crippen LogP contribution is -2.21. The lowest BCUT2D eigenvalue weighted by molar-refractivity contribution is -0.384. The number of hydrogen-bond acceptors (Lipinski definition) is 7. The summed E-state index contributed by atoms with van der Waals surface area (Å²) in [5.74, 6) is -0.858. The average Bonchev–Trinajstić information content (AvgIpc) is 2.69. The van der Waals surface area contributed by atoms with Crippen LogP contribution in [0.25, 0.3) is 0 Å². The lowest BCUT2D eigenvalue weighted by atomic mass is 10.1. The summed E-state index contributed by atoms with van der Waals surface area (Å²) in [6, 6.07) is 7.93. The van der Waals surface area contributed by atoms with E-state index in [0.717, 1.165) is 6.07 Å². The van der Waals surface area contributed by atoms with Gasteiger partial charge in [-0.05, 0) is 36.4 Å². The Balaban J connectivity index is 1.94. The molecule has 2 rings (SSSR count). The number of halogens is 3. The number of esters is 1. The van der Waals surface area contributed by atoms with Crippen LogP contribution in [0, 0.1) is 10.1 Å². The maximum atomic E-state index is 12.7. The third kappa shape index (κ3) is 5.92. The number of carbonyl (C=O) groups excluding carboxylic acids is 2. The molecule has 2 aromatic carbocycles. The van der Waals surface area contributed by atoms with Crippen LogP contribution in [0.2, 0.25) is 0 Å². The highest BCUT2D eigenvalue weighted by molar-refractivity contribution is 5.98. The van der Waals surface area contributed by atoms with E-state index < -0.39 is 47.3 Å². The fourth-order valence-corrected chi connectivity index (χ4v) is 2.23. The topological polar surface area (TPSA) is 108 Å². The van der Waals surface area contributed by atoms with Gasteiger partial charge in [-0.3, -0.25) is 19.7 Å². The molecule has 154 valence electrons. The van der Waals surface area contributed by atoms with Gasteiger partial charge >= 0.3 is 12.1 Å². The number of nitrogens with one attached hydrogen (secondary N) is 1. The molecule has 0 aliphatic heterocycles. The van der Waals surface area contributed by atoms with Gasteiger partial charge in [-0.25, -0.2) is 0 Å². The molecule has 0 heterocycles. The Hall–Kier alpha value is -3.63. The van der Waals surface area contributed by atoms with Crippen molar-refractivity contribution >= 4 is 23.1 Å². The molecular weight excluding hydrogens is 397 g/mol. The maximum Gasteiger partial charge on any atom is 0.416 e. The van der Waals surface area contributed by atoms with Crippen LogP contribution in [0.4, 0.5) is 24.5 Å². The summed E-state index contributed by atoms with van der Waals surface area (Å²) in [4.78, 5) is 33.7. The third-order valence-electron chi connectivity index (χ3n) is 3.72. The summed E-state index contributed by atoms with van der Waals surface area (Å²) in [6.45, 7) is -1.15. The van der Waals surface area contributed by atoms with Gasteiger partial charge in [0.2, 0.25) is 0 Å². The molecular formula is C18H15F3N2O6. The van der Waals surface area contributed by atoms with Crippen molar-refractivity contribution < 1.29 is 37.2 Å².